The van der Waals surface area contributed by atoms with E-state index in [0.29, 0.717) is 0 Å². The molecule has 0 spiro atoms. The monoisotopic (exact) mass is 248 g/mol. The second-order valence-corrected chi connectivity index (χ2v) is 5.26. The van der Waals surface area contributed by atoms with Gasteiger partial charge in [0.05, 0.1) is 19.0 Å². The molecule has 2 aromatic heterocycles. The maximum atomic E-state index is 5.27. The molecule has 4 heteroatoms. The van der Waals surface area contributed by atoms with Gasteiger partial charge in [0.2, 0.25) is 0 Å². The summed E-state index contributed by atoms with van der Waals surface area (Å²) in [6, 6.07) is 6.28. The third-order valence-corrected chi connectivity index (χ3v) is 3.47. The molecule has 0 fully saturated rings. The molecule has 0 amide bonds. The van der Waals surface area contributed by atoms with Crippen LogP contribution in [0, 0.1) is 13.8 Å². The topological polar surface area (TPSA) is 34.1 Å². The molecular formula is C13H16N2OS. The van der Waals surface area contributed by atoms with Gasteiger partial charge in [0, 0.05) is 22.0 Å². The third kappa shape index (κ3) is 2.97. The van der Waals surface area contributed by atoms with Gasteiger partial charge in [0.15, 0.2) is 5.75 Å². The van der Waals surface area contributed by atoms with Gasteiger partial charge in [-0.15, -0.1) is 11.3 Å². The summed E-state index contributed by atoms with van der Waals surface area (Å²) in [6.45, 7) is 4.91. The molecule has 0 unspecified atom stereocenters. The standard InChI is InChI=1S/C13H16N2OS/c1-9-6-12(13(16-3)8-14-9)15-7-11-5-4-10(2)17-11/h4-6,8H,7H2,1-3H3,(H,14,15). The summed E-state index contributed by atoms with van der Waals surface area (Å²) in [4.78, 5) is 6.86. The van der Waals surface area contributed by atoms with E-state index in [1.165, 1.54) is 9.75 Å². The van der Waals surface area contributed by atoms with Gasteiger partial charge in [0.25, 0.3) is 0 Å². The van der Waals surface area contributed by atoms with Crippen LogP contribution in [0.25, 0.3) is 0 Å². The second kappa shape index (κ2) is 5.19. The highest BCUT2D eigenvalue weighted by atomic mass is 32.1. The summed E-state index contributed by atoms with van der Waals surface area (Å²) in [5.74, 6) is 0.781. The van der Waals surface area contributed by atoms with Gasteiger partial charge in [-0.3, -0.25) is 4.98 Å². The van der Waals surface area contributed by atoms with Crippen LogP contribution in [0.2, 0.25) is 0 Å². The van der Waals surface area contributed by atoms with Crippen molar-refractivity contribution in [3.05, 3.63) is 39.8 Å². The molecule has 0 saturated heterocycles. The highest BCUT2D eigenvalue weighted by Crippen LogP contribution is 2.25. The Labute approximate surface area is 105 Å². The summed E-state index contributed by atoms with van der Waals surface area (Å²) in [5.41, 5.74) is 1.97. The van der Waals surface area contributed by atoms with Crippen molar-refractivity contribution >= 4 is 17.0 Å². The van der Waals surface area contributed by atoms with Crippen molar-refractivity contribution in [1.29, 1.82) is 0 Å². The Morgan fingerprint density at radius 3 is 2.82 bits per heavy atom. The summed E-state index contributed by atoms with van der Waals surface area (Å²) in [6.07, 6.45) is 1.75. The lowest BCUT2D eigenvalue weighted by atomic mass is 10.3. The molecular weight excluding hydrogens is 232 g/mol. The highest BCUT2D eigenvalue weighted by molar-refractivity contribution is 7.11. The van der Waals surface area contributed by atoms with Gasteiger partial charge < -0.3 is 10.1 Å². The van der Waals surface area contributed by atoms with Crippen molar-refractivity contribution in [3.63, 3.8) is 0 Å². The van der Waals surface area contributed by atoms with E-state index in [0.717, 1.165) is 23.7 Å². The predicted octanol–water partition coefficient (Wildman–Crippen LogP) is 3.38. The fraction of sp³-hybridized carbons (Fsp3) is 0.308. The van der Waals surface area contributed by atoms with Crippen LogP contribution in [0.15, 0.2) is 24.4 Å². The first-order valence-corrected chi connectivity index (χ1v) is 6.30. The van der Waals surface area contributed by atoms with Crippen molar-refractivity contribution in [2.24, 2.45) is 0 Å². The summed E-state index contributed by atoms with van der Waals surface area (Å²) in [5, 5.41) is 3.38. The highest BCUT2D eigenvalue weighted by Gasteiger charge is 2.04. The van der Waals surface area contributed by atoms with Gasteiger partial charge in [-0.1, -0.05) is 0 Å². The Morgan fingerprint density at radius 1 is 1.35 bits per heavy atom. The number of aromatic nitrogens is 1. The number of rotatable bonds is 4. The van der Waals surface area contributed by atoms with Crippen molar-refractivity contribution in [2.45, 2.75) is 20.4 Å². The lowest BCUT2D eigenvalue weighted by Crippen LogP contribution is -2.01. The van der Waals surface area contributed by atoms with Crippen LogP contribution in [0.5, 0.6) is 5.75 Å². The zero-order valence-electron chi connectivity index (χ0n) is 10.3. The molecule has 0 bridgehead atoms. The van der Waals surface area contributed by atoms with E-state index >= 15 is 0 Å². The zero-order chi connectivity index (χ0) is 12.3. The van der Waals surface area contributed by atoms with Crippen molar-refractivity contribution in [1.82, 2.24) is 4.98 Å². The number of ether oxygens (including phenoxy) is 1. The maximum absolute atomic E-state index is 5.27. The van der Waals surface area contributed by atoms with Crippen LogP contribution < -0.4 is 10.1 Å². The number of methoxy groups -OCH3 is 1. The molecule has 2 rings (SSSR count). The first-order valence-electron chi connectivity index (χ1n) is 5.49. The number of nitrogens with zero attached hydrogens (tertiary/aromatic N) is 1. The normalized spacial score (nSPS) is 10.3. The molecule has 0 aliphatic heterocycles. The van der Waals surface area contributed by atoms with E-state index < -0.39 is 0 Å². The molecule has 2 heterocycles. The quantitative estimate of drug-likeness (QED) is 0.900. The number of hydrogen-bond donors (Lipinski definition) is 1. The average Bonchev–Trinajstić information content (AvgIpc) is 2.73. The van der Waals surface area contributed by atoms with Crippen molar-refractivity contribution < 1.29 is 4.74 Å². The largest absolute Gasteiger partial charge is 0.493 e. The lowest BCUT2D eigenvalue weighted by Gasteiger charge is -2.10. The third-order valence-electron chi connectivity index (χ3n) is 2.47. The second-order valence-electron chi connectivity index (χ2n) is 3.89. The predicted molar refractivity (Wildman–Crippen MR) is 71.9 cm³/mol. The molecule has 0 aromatic carbocycles. The number of hydrogen-bond acceptors (Lipinski definition) is 4. The smallest absolute Gasteiger partial charge is 0.160 e. The first kappa shape index (κ1) is 11.9. The van der Waals surface area contributed by atoms with Gasteiger partial charge in [0.1, 0.15) is 0 Å². The minimum Gasteiger partial charge on any atom is -0.493 e. The molecule has 0 atom stereocenters. The van der Waals surface area contributed by atoms with Crippen LogP contribution in [0.3, 0.4) is 0 Å². The molecule has 2 aromatic rings. The molecule has 3 nitrogen and oxygen atoms in total. The fourth-order valence-electron chi connectivity index (χ4n) is 1.61. The SMILES string of the molecule is COc1cnc(C)cc1NCc1ccc(C)s1. The molecule has 0 saturated carbocycles. The average molecular weight is 248 g/mol. The summed E-state index contributed by atoms with van der Waals surface area (Å²) >= 11 is 1.81. The van der Waals surface area contributed by atoms with E-state index in [-0.39, 0.29) is 0 Å². The molecule has 0 aliphatic rings. The molecule has 1 N–H and O–H groups in total. The van der Waals surface area contributed by atoms with Crippen LogP contribution in [0.1, 0.15) is 15.4 Å². The minimum atomic E-state index is 0.781. The number of thiophene rings is 1. The minimum absolute atomic E-state index is 0.781. The number of nitrogens with one attached hydrogen (secondary N) is 1. The van der Waals surface area contributed by atoms with Crippen LogP contribution in [0.4, 0.5) is 5.69 Å². The number of pyridine rings is 1. The molecule has 90 valence electrons. The van der Waals surface area contributed by atoms with Crippen molar-refractivity contribution in [2.75, 3.05) is 12.4 Å². The van der Waals surface area contributed by atoms with Gasteiger partial charge in [-0.05, 0) is 32.0 Å². The Kier molecular flexibility index (Phi) is 3.64. The van der Waals surface area contributed by atoms with E-state index in [1.54, 1.807) is 24.6 Å². The van der Waals surface area contributed by atoms with Crippen LogP contribution >= 0.6 is 11.3 Å². The summed E-state index contributed by atoms with van der Waals surface area (Å²) < 4.78 is 5.27. The maximum Gasteiger partial charge on any atom is 0.160 e. The fourth-order valence-corrected chi connectivity index (χ4v) is 2.44. The number of anilines is 1. The van der Waals surface area contributed by atoms with Crippen LogP contribution in [-0.2, 0) is 6.54 Å². The van der Waals surface area contributed by atoms with E-state index in [2.05, 4.69) is 29.4 Å². The summed E-state index contributed by atoms with van der Waals surface area (Å²) in [7, 11) is 1.66. The lowest BCUT2D eigenvalue weighted by molar-refractivity contribution is 0.414. The van der Waals surface area contributed by atoms with Crippen LogP contribution in [-0.4, -0.2) is 12.1 Å². The Morgan fingerprint density at radius 2 is 2.18 bits per heavy atom. The van der Waals surface area contributed by atoms with E-state index in [1.807, 2.05) is 13.0 Å². The van der Waals surface area contributed by atoms with Gasteiger partial charge >= 0.3 is 0 Å². The van der Waals surface area contributed by atoms with E-state index in [9.17, 15) is 0 Å². The zero-order valence-corrected chi connectivity index (χ0v) is 11.1. The Bertz CT molecular complexity index is 508. The molecule has 17 heavy (non-hydrogen) atoms. The molecule has 0 aliphatic carbocycles. The van der Waals surface area contributed by atoms with Gasteiger partial charge in [-0.2, -0.15) is 0 Å². The van der Waals surface area contributed by atoms with E-state index in [4.69, 9.17) is 4.74 Å². The molecule has 0 radical (unpaired) electrons. The Hall–Kier alpha value is -1.55. The van der Waals surface area contributed by atoms with Crippen molar-refractivity contribution in [3.8, 4) is 5.75 Å². The first-order chi connectivity index (χ1) is 8.19. The number of aryl methyl sites for hydroxylation is 2. The Balaban J connectivity index is 2.10. The van der Waals surface area contributed by atoms with Gasteiger partial charge in [-0.25, -0.2) is 0 Å².